The number of rotatable bonds is 7. The zero-order chi connectivity index (χ0) is 15.8. The van der Waals surface area contributed by atoms with Gasteiger partial charge in [0, 0.05) is 6.07 Å². The Hall–Kier alpha value is -1.60. The minimum atomic E-state index is -1.07. The SMILES string of the molecule is COc1ccc(Cl)c(NC(=O)NC(CCSC)C(=O)O)c1. The second-order valence-corrected chi connectivity index (χ2v) is 5.51. The molecular weight excluding hydrogens is 316 g/mol. The Morgan fingerprint density at radius 1 is 1.48 bits per heavy atom. The molecular formula is C13H17ClN2O4S. The standard InChI is InChI=1S/C13H17ClN2O4S/c1-20-8-3-4-9(14)11(7-8)16-13(19)15-10(12(17)18)5-6-21-2/h3-4,7,10H,5-6H2,1-2H3,(H,17,18)(H2,15,16,19). The molecule has 0 spiro atoms. The molecule has 0 heterocycles. The number of methoxy groups -OCH3 is 1. The Bertz CT molecular complexity index is 513. The van der Waals surface area contributed by atoms with E-state index in [9.17, 15) is 9.59 Å². The number of benzene rings is 1. The van der Waals surface area contributed by atoms with Crippen LogP contribution in [0.25, 0.3) is 0 Å². The fourth-order valence-electron chi connectivity index (χ4n) is 1.54. The van der Waals surface area contributed by atoms with Crippen LogP contribution in [0.1, 0.15) is 6.42 Å². The normalized spacial score (nSPS) is 11.6. The van der Waals surface area contributed by atoms with Crippen molar-refractivity contribution in [3.05, 3.63) is 23.2 Å². The number of ether oxygens (including phenoxy) is 1. The molecule has 0 bridgehead atoms. The van der Waals surface area contributed by atoms with Crippen LogP contribution in [0.15, 0.2) is 18.2 Å². The van der Waals surface area contributed by atoms with Crippen LogP contribution >= 0.6 is 23.4 Å². The monoisotopic (exact) mass is 332 g/mol. The third-order valence-corrected chi connectivity index (χ3v) is 3.61. The van der Waals surface area contributed by atoms with Crippen molar-refractivity contribution in [2.24, 2.45) is 0 Å². The van der Waals surface area contributed by atoms with Gasteiger partial charge in [0.25, 0.3) is 0 Å². The number of aliphatic carboxylic acids is 1. The van der Waals surface area contributed by atoms with Crippen LogP contribution in [-0.4, -0.2) is 42.3 Å². The van der Waals surface area contributed by atoms with Gasteiger partial charge < -0.3 is 20.5 Å². The smallest absolute Gasteiger partial charge is 0.326 e. The van der Waals surface area contributed by atoms with Crippen molar-refractivity contribution in [2.75, 3.05) is 24.4 Å². The van der Waals surface area contributed by atoms with E-state index < -0.39 is 18.0 Å². The molecule has 0 radical (unpaired) electrons. The van der Waals surface area contributed by atoms with Gasteiger partial charge >= 0.3 is 12.0 Å². The highest BCUT2D eigenvalue weighted by Gasteiger charge is 2.19. The third kappa shape index (κ3) is 5.73. The van der Waals surface area contributed by atoms with Gasteiger partial charge in [0.15, 0.2) is 0 Å². The van der Waals surface area contributed by atoms with Crippen LogP contribution in [0.5, 0.6) is 5.75 Å². The lowest BCUT2D eigenvalue weighted by Crippen LogP contribution is -2.43. The summed E-state index contributed by atoms with van der Waals surface area (Å²) in [7, 11) is 1.50. The molecule has 1 rings (SSSR count). The molecule has 3 N–H and O–H groups in total. The molecule has 0 aliphatic rings. The van der Waals surface area contributed by atoms with Gasteiger partial charge in [-0.15, -0.1) is 0 Å². The number of carboxylic acids is 1. The van der Waals surface area contributed by atoms with Crippen molar-refractivity contribution in [3.8, 4) is 5.75 Å². The summed E-state index contributed by atoms with van der Waals surface area (Å²) >= 11 is 7.48. The van der Waals surface area contributed by atoms with Crippen LogP contribution in [0.2, 0.25) is 5.02 Å². The lowest BCUT2D eigenvalue weighted by molar-refractivity contribution is -0.139. The molecule has 0 saturated carbocycles. The van der Waals surface area contributed by atoms with Crippen molar-refractivity contribution in [1.29, 1.82) is 0 Å². The quantitative estimate of drug-likeness (QED) is 0.714. The summed E-state index contributed by atoms with van der Waals surface area (Å²) in [5.74, 6) is 0.0970. The minimum Gasteiger partial charge on any atom is -0.497 e. The number of hydrogen-bond donors (Lipinski definition) is 3. The number of hydrogen-bond acceptors (Lipinski definition) is 4. The van der Waals surface area contributed by atoms with Crippen LogP contribution in [0, 0.1) is 0 Å². The van der Waals surface area contributed by atoms with Crippen LogP contribution in [0.3, 0.4) is 0 Å². The van der Waals surface area contributed by atoms with Gasteiger partial charge in [-0.05, 0) is 30.6 Å². The van der Waals surface area contributed by atoms with Crippen LogP contribution in [0.4, 0.5) is 10.5 Å². The molecule has 0 fully saturated rings. The number of urea groups is 1. The maximum Gasteiger partial charge on any atom is 0.326 e. The summed E-state index contributed by atoms with van der Waals surface area (Å²) in [6, 6.07) is 3.22. The second kappa shape index (κ2) is 8.63. The highest BCUT2D eigenvalue weighted by molar-refractivity contribution is 7.98. The second-order valence-electron chi connectivity index (χ2n) is 4.12. The number of anilines is 1. The molecule has 0 aliphatic heterocycles. The van der Waals surface area contributed by atoms with Crippen molar-refractivity contribution in [1.82, 2.24) is 5.32 Å². The number of carbonyl (C=O) groups excluding carboxylic acids is 1. The number of carbonyl (C=O) groups is 2. The van der Waals surface area contributed by atoms with Crippen molar-refractivity contribution < 1.29 is 19.4 Å². The zero-order valence-corrected chi connectivity index (χ0v) is 13.3. The van der Waals surface area contributed by atoms with E-state index in [1.54, 1.807) is 18.2 Å². The maximum absolute atomic E-state index is 11.9. The van der Waals surface area contributed by atoms with Crippen molar-refractivity contribution in [3.63, 3.8) is 0 Å². The predicted molar refractivity (Wildman–Crippen MR) is 84.6 cm³/mol. The van der Waals surface area contributed by atoms with Crippen molar-refractivity contribution in [2.45, 2.75) is 12.5 Å². The van der Waals surface area contributed by atoms with E-state index in [2.05, 4.69) is 10.6 Å². The van der Waals surface area contributed by atoms with E-state index in [0.29, 0.717) is 28.6 Å². The first kappa shape index (κ1) is 17.5. The number of nitrogens with one attached hydrogen (secondary N) is 2. The highest BCUT2D eigenvalue weighted by Crippen LogP contribution is 2.26. The largest absolute Gasteiger partial charge is 0.497 e. The fraction of sp³-hybridized carbons (Fsp3) is 0.385. The summed E-state index contributed by atoms with van der Waals surface area (Å²) in [5.41, 5.74) is 0.350. The van der Waals surface area contributed by atoms with E-state index in [4.69, 9.17) is 21.4 Å². The first-order chi connectivity index (χ1) is 9.97. The number of amides is 2. The summed E-state index contributed by atoms with van der Waals surface area (Å²) < 4.78 is 5.04. The van der Waals surface area contributed by atoms with Crippen LogP contribution in [-0.2, 0) is 4.79 Å². The van der Waals surface area contributed by atoms with E-state index >= 15 is 0 Å². The lowest BCUT2D eigenvalue weighted by Gasteiger charge is -2.15. The molecule has 0 aliphatic carbocycles. The molecule has 0 aromatic heterocycles. The molecule has 1 atom stereocenters. The topological polar surface area (TPSA) is 87.7 Å². The van der Waals surface area contributed by atoms with Gasteiger partial charge in [-0.3, -0.25) is 0 Å². The summed E-state index contributed by atoms with van der Waals surface area (Å²) in [4.78, 5) is 22.9. The van der Waals surface area contributed by atoms with Crippen molar-refractivity contribution >= 4 is 41.1 Å². The number of carboxylic acid groups (broad SMARTS) is 1. The Balaban J connectivity index is 2.69. The summed E-state index contributed by atoms with van der Waals surface area (Å²) in [6.07, 6.45) is 2.21. The van der Waals surface area contributed by atoms with Gasteiger partial charge in [0.05, 0.1) is 17.8 Å². The number of thioether (sulfide) groups is 1. The molecule has 116 valence electrons. The first-order valence-electron chi connectivity index (χ1n) is 6.10. The molecule has 1 aromatic rings. The molecule has 8 heteroatoms. The van der Waals surface area contributed by atoms with E-state index in [-0.39, 0.29) is 0 Å². The van der Waals surface area contributed by atoms with E-state index in [1.807, 2.05) is 6.26 Å². The lowest BCUT2D eigenvalue weighted by atomic mass is 10.2. The number of halogens is 1. The highest BCUT2D eigenvalue weighted by atomic mass is 35.5. The van der Waals surface area contributed by atoms with E-state index in [1.165, 1.54) is 18.9 Å². The first-order valence-corrected chi connectivity index (χ1v) is 7.88. The Kier molecular flexibility index (Phi) is 7.18. The van der Waals surface area contributed by atoms with Gasteiger partial charge in [-0.1, -0.05) is 11.6 Å². The van der Waals surface area contributed by atoms with Gasteiger partial charge in [0.1, 0.15) is 11.8 Å². The summed E-state index contributed by atoms with van der Waals surface area (Å²) in [5, 5.41) is 14.3. The Labute approximate surface area is 132 Å². The average Bonchev–Trinajstić information content (AvgIpc) is 2.45. The van der Waals surface area contributed by atoms with Gasteiger partial charge in [-0.25, -0.2) is 9.59 Å². The average molecular weight is 333 g/mol. The fourth-order valence-corrected chi connectivity index (χ4v) is 2.17. The molecule has 2 amide bonds. The minimum absolute atomic E-state index is 0.335. The van der Waals surface area contributed by atoms with Gasteiger partial charge in [-0.2, -0.15) is 11.8 Å². The Morgan fingerprint density at radius 3 is 2.76 bits per heavy atom. The Morgan fingerprint density at radius 2 is 2.19 bits per heavy atom. The van der Waals surface area contributed by atoms with E-state index in [0.717, 1.165) is 0 Å². The summed E-state index contributed by atoms with van der Waals surface area (Å²) in [6.45, 7) is 0. The third-order valence-electron chi connectivity index (χ3n) is 2.64. The zero-order valence-electron chi connectivity index (χ0n) is 11.7. The molecule has 1 aromatic carbocycles. The molecule has 6 nitrogen and oxygen atoms in total. The molecule has 0 saturated heterocycles. The maximum atomic E-state index is 11.9. The van der Waals surface area contributed by atoms with Crippen LogP contribution < -0.4 is 15.4 Å². The molecule has 1 unspecified atom stereocenters. The van der Waals surface area contributed by atoms with Gasteiger partial charge in [0.2, 0.25) is 0 Å². The predicted octanol–water partition coefficient (Wildman–Crippen LogP) is 2.68. The molecule has 21 heavy (non-hydrogen) atoms.